The average molecular weight is 486 g/mol. The maximum Gasteiger partial charge on any atom is 0.323 e. The number of thioether (sulfide) groups is 1. The fraction of sp³-hybridized carbons (Fsp3) is 0.310. The van der Waals surface area contributed by atoms with E-state index in [1.54, 1.807) is 16.7 Å². The Morgan fingerprint density at radius 2 is 1.69 bits per heavy atom. The number of hydrogen-bond acceptors (Lipinski definition) is 3. The first-order chi connectivity index (χ1) is 16.8. The second kappa shape index (κ2) is 9.08. The molecule has 0 bridgehead atoms. The summed E-state index contributed by atoms with van der Waals surface area (Å²) in [7, 11) is 0. The number of urea groups is 1. The molecule has 5 nitrogen and oxygen atoms in total. The molecule has 1 atom stereocenters. The van der Waals surface area contributed by atoms with Crippen LogP contribution >= 0.6 is 11.8 Å². The van der Waals surface area contributed by atoms with E-state index in [4.69, 9.17) is 0 Å². The highest BCUT2D eigenvalue weighted by molar-refractivity contribution is 8.01. The van der Waals surface area contributed by atoms with Crippen LogP contribution in [-0.4, -0.2) is 29.1 Å². The van der Waals surface area contributed by atoms with Crippen molar-refractivity contribution in [3.05, 3.63) is 94.5 Å². The van der Waals surface area contributed by atoms with Crippen molar-refractivity contribution in [2.75, 3.05) is 22.5 Å². The molecule has 1 saturated heterocycles. The first kappa shape index (κ1) is 23.5. The first-order valence-corrected chi connectivity index (χ1v) is 13.1. The molecule has 0 aliphatic carbocycles. The lowest BCUT2D eigenvalue weighted by Crippen LogP contribution is -2.51. The minimum Gasteiger partial charge on any atom is -0.308 e. The monoisotopic (exact) mass is 485 g/mol. The van der Waals surface area contributed by atoms with Gasteiger partial charge in [0, 0.05) is 23.5 Å². The topological polar surface area (TPSA) is 52.7 Å². The molecule has 3 amide bonds. The summed E-state index contributed by atoms with van der Waals surface area (Å²) >= 11 is 1.56. The molecule has 2 heterocycles. The molecule has 1 fully saturated rings. The molecule has 1 spiro atoms. The number of fused-ring (bicyclic) bond motifs is 2. The molecule has 6 heteroatoms. The van der Waals surface area contributed by atoms with Crippen LogP contribution in [0.3, 0.4) is 0 Å². The summed E-state index contributed by atoms with van der Waals surface area (Å²) in [5, 5.41) is 3.04. The highest BCUT2D eigenvalue weighted by Gasteiger charge is 2.59. The number of amides is 3. The average Bonchev–Trinajstić information content (AvgIpc) is 3.38. The standard InChI is InChI=1S/C29H31N3O2S/c1-19(2)23-10-12-24(13-11-23)30-28(34)32-15-16-35-29(32)25-17-21(4)7-14-26(25)31(27(29)33)18-22-8-5-20(3)6-9-22/h5-14,17,19H,15-16,18H2,1-4H3,(H,30,34). The molecule has 0 saturated carbocycles. The lowest BCUT2D eigenvalue weighted by molar-refractivity contribution is -0.123. The zero-order valence-corrected chi connectivity index (χ0v) is 21.5. The number of anilines is 2. The summed E-state index contributed by atoms with van der Waals surface area (Å²) in [6.45, 7) is 9.36. The smallest absolute Gasteiger partial charge is 0.308 e. The van der Waals surface area contributed by atoms with Gasteiger partial charge in [0.05, 0.1) is 12.2 Å². The highest BCUT2D eigenvalue weighted by atomic mass is 32.2. The highest BCUT2D eigenvalue weighted by Crippen LogP contribution is 2.54. The quantitative estimate of drug-likeness (QED) is 0.465. The van der Waals surface area contributed by atoms with Gasteiger partial charge in [0.25, 0.3) is 5.91 Å². The lowest BCUT2D eigenvalue weighted by Gasteiger charge is -2.33. The van der Waals surface area contributed by atoms with Gasteiger partial charge in [0.15, 0.2) is 4.87 Å². The zero-order chi connectivity index (χ0) is 24.7. The van der Waals surface area contributed by atoms with Gasteiger partial charge in [-0.25, -0.2) is 4.79 Å². The Morgan fingerprint density at radius 3 is 2.37 bits per heavy atom. The van der Waals surface area contributed by atoms with E-state index in [1.807, 2.05) is 48.2 Å². The van der Waals surface area contributed by atoms with Crippen molar-refractivity contribution in [1.82, 2.24) is 4.90 Å². The minimum absolute atomic E-state index is 0.0496. The molecule has 2 aliphatic rings. The Kier molecular flexibility index (Phi) is 6.09. The van der Waals surface area contributed by atoms with Crippen LogP contribution in [0.4, 0.5) is 16.2 Å². The summed E-state index contributed by atoms with van der Waals surface area (Å²) in [6, 6.07) is 22.1. The van der Waals surface area contributed by atoms with Crippen LogP contribution in [0.15, 0.2) is 66.7 Å². The SMILES string of the molecule is Cc1ccc(CN2C(=O)C3(SCCN3C(=O)Nc3ccc(C(C)C)cc3)c3cc(C)ccc32)cc1. The van der Waals surface area contributed by atoms with Gasteiger partial charge >= 0.3 is 6.03 Å². The Morgan fingerprint density at radius 1 is 1.00 bits per heavy atom. The second-order valence-electron chi connectivity index (χ2n) is 9.75. The van der Waals surface area contributed by atoms with Gasteiger partial charge in [-0.05, 0) is 49.1 Å². The largest absolute Gasteiger partial charge is 0.323 e. The molecule has 2 aliphatic heterocycles. The van der Waals surface area contributed by atoms with Gasteiger partial charge in [0.2, 0.25) is 0 Å². The predicted molar refractivity (Wildman–Crippen MR) is 144 cm³/mol. The number of carbonyl (C=O) groups excluding carboxylic acids is 2. The number of nitrogens with one attached hydrogen (secondary N) is 1. The molecule has 3 aromatic rings. The normalized spacial score (nSPS) is 19.1. The van der Waals surface area contributed by atoms with Gasteiger partial charge in [-0.1, -0.05) is 73.5 Å². The third-order valence-corrected chi connectivity index (χ3v) is 8.30. The van der Waals surface area contributed by atoms with Crippen LogP contribution in [-0.2, 0) is 16.2 Å². The van der Waals surface area contributed by atoms with Crippen LogP contribution in [0.5, 0.6) is 0 Å². The Labute approximate surface area is 211 Å². The molecule has 5 rings (SSSR count). The molecule has 0 aromatic heterocycles. The summed E-state index contributed by atoms with van der Waals surface area (Å²) < 4.78 is 0. The Bertz CT molecular complexity index is 1270. The maximum absolute atomic E-state index is 14.1. The van der Waals surface area contributed by atoms with Crippen molar-refractivity contribution >= 4 is 35.1 Å². The van der Waals surface area contributed by atoms with Gasteiger partial charge in [-0.15, -0.1) is 11.8 Å². The van der Waals surface area contributed by atoms with Crippen LogP contribution in [0.2, 0.25) is 0 Å². The first-order valence-electron chi connectivity index (χ1n) is 12.1. The van der Waals surface area contributed by atoms with Gasteiger partial charge < -0.3 is 10.2 Å². The maximum atomic E-state index is 14.1. The number of carbonyl (C=O) groups is 2. The van der Waals surface area contributed by atoms with Crippen molar-refractivity contribution in [2.24, 2.45) is 0 Å². The molecule has 1 N–H and O–H groups in total. The van der Waals surface area contributed by atoms with E-state index in [2.05, 4.69) is 56.4 Å². The third kappa shape index (κ3) is 4.10. The van der Waals surface area contributed by atoms with E-state index < -0.39 is 4.87 Å². The van der Waals surface area contributed by atoms with Crippen LogP contribution in [0.25, 0.3) is 0 Å². The minimum atomic E-state index is -1.05. The number of benzene rings is 3. The van der Waals surface area contributed by atoms with Crippen molar-refractivity contribution in [1.29, 1.82) is 0 Å². The number of nitrogens with zero attached hydrogens (tertiary/aromatic N) is 2. The van der Waals surface area contributed by atoms with E-state index in [0.717, 1.165) is 28.1 Å². The number of rotatable bonds is 4. The van der Waals surface area contributed by atoms with Crippen LogP contribution in [0.1, 0.15) is 47.6 Å². The molecular formula is C29H31N3O2S. The summed E-state index contributed by atoms with van der Waals surface area (Å²) in [4.78, 5) is 30.2. The van der Waals surface area contributed by atoms with E-state index in [-0.39, 0.29) is 11.9 Å². The fourth-order valence-electron chi connectivity index (χ4n) is 4.90. The van der Waals surface area contributed by atoms with Crippen molar-refractivity contribution in [3.8, 4) is 0 Å². The van der Waals surface area contributed by atoms with E-state index >= 15 is 0 Å². The van der Waals surface area contributed by atoms with Gasteiger partial charge in [0.1, 0.15) is 0 Å². The van der Waals surface area contributed by atoms with Gasteiger partial charge in [-0.2, -0.15) is 0 Å². The predicted octanol–water partition coefficient (Wildman–Crippen LogP) is 6.41. The molecule has 1 unspecified atom stereocenters. The Hall–Kier alpha value is -3.25. The van der Waals surface area contributed by atoms with E-state index in [9.17, 15) is 9.59 Å². The zero-order valence-electron chi connectivity index (χ0n) is 20.7. The van der Waals surface area contributed by atoms with Gasteiger partial charge in [-0.3, -0.25) is 9.69 Å². The molecular weight excluding hydrogens is 454 g/mol. The van der Waals surface area contributed by atoms with Crippen LogP contribution < -0.4 is 10.2 Å². The van der Waals surface area contributed by atoms with E-state index in [1.165, 1.54) is 11.1 Å². The van der Waals surface area contributed by atoms with Crippen molar-refractivity contribution in [3.63, 3.8) is 0 Å². The molecule has 3 aromatic carbocycles. The van der Waals surface area contributed by atoms with Crippen LogP contribution in [0, 0.1) is 13.8 Å². The fourth-order valence-corrected chi connectivity index (χ4v) is 6.36. The molecule has 0 radical (unpaired) electrons. The summed E-state index contributed by atoms with van der Waals surface area (Å²) in [5.74, 6) is 1.08. The Balaban J connectivity index is 1.48. The van der Waals surface area contributed by atoms with E-state index in [0.29, 0.717) is 24.8 Å². The number of hydrogen-bond donors (Lipinski definition) is 1. The molecule has 35 heavy (non-hydrogen) atoms. The van der Waals surface area contributed by atoms with Crippen molar-refractivity contribution in [2.45, 2.75) is 45.0 Å². The second-order valence-corrected chi connectivity index (χ2v) is 11.0. The lowest BCUT2D eigenvalue weighted by atomic mass is 10.0. The third-order valence-electron chi connectivity index (χ3n) is 6.88. The van der Waals surface area contributed by atoms with Crippen molar-refractivity contribution < 1.29 is 9.59 Å². The summed E-state index contributed by atoms with van der Waals surface area (Å²) in [5.41, 5.74) is 7.07. The summed E-state index contributed by atoms with van der Waals surface area (Å²) in [6.07, 6.45) is 0. The molecule has 180 valence electrons. The number of aryl methyl sites for hydroxylation is 2.